The summed E-state index contributed by atoms with van der Waals surface area (Å²) in [6, 6.07) is 4.03. The molecular formula is C12H15FN4O2S. The number of aromatic nitrogens is 2. The first-order valence-electron chi connectivity index (χ1n) is 5.94. The van der Waals surface area contributed by atoms with Gasteiger partial charge in [0.05, 0.1) is 6.54 Å². The average Bonchev–Trinajstić information content (AvgIpc) is 2.90. The van der Waals surface area contributed by atoms with Gasteiger partial charge in [-0.25, -0.2) is 22.5 Å². The lowest BCUT2D eigenvalue weighted by molar-refractivity contribution is 0.554. The van der Waals surface area contributed by atoms with Gasteiger partial charge in [0.2, 0.25) is 10.0 Å². The lowest BCUT2D eigenvalue weighted by atomic mass is 10.2. The van der Waals surface area contributed by atoms with Crippen molar-refractivity contribution in [2.75, 3.05) is 7.05 Å². The molecule has 0 saturated carbocycles. The van der Waals surface area contributed by atoms with E-state index in [1.807, 2.05) is 0 Å². The lowest BCUT2D eigenvalue weighted by Gasteiger charge is -2.08. The first kappa shape index (κ1) is 14.6. The Bertz CT molecular complexity index is 671. The highest BCUT2D eigenvalue weighted by Gasteiger charge is 2.19. The van der Waals surface area contributed by atoms with Gasteiger partial charge in [-0.3, -0.25) is 0 Å². The van der Waals surface area contributed by atoms with E-state index in [9.17, 15) is 12.8 Å². The van der Waals surface area contributed by atoms with E-state index in [-0.39, 0.29) is 11.4 Å². The molecule has 2 aromatic rings. The maximum Gasteiger partial charge on any atom is 0.243 e. The fourth-order valence-corrected chi connectivity index (χ4v) is 2.76. The molecule has 0 bridgehead atoms. The zero-order chi connectivity index (χ0) is 14.6. The highest BCUT2D eigenvalue weighted by molar-refractivity contribution is 7.89. The number of nitrogens with one attached hydrogen (secondary N) is 3. The molecule has 0 atom stereocenters. The molecule has 0 spiro atoms. The van der Waals surface area contributed by atoms with Crippen molar-refractivity contribution in [3.05, 3.63) is 47.8 Å². The molecule has 0 unspecified atom stereocenters. The molecule has 3 N–H and O–H groups in total. The number of rotatable bonds is 6. The number of halogens is 1. The molecular weight excluding hydrogens is 283 g/mol. The molecule has 1 aromatic carbocycles. The molecule has 2 rings (SSSR count). The maximum absolute atomic E-state index is 13.9. The van der Waals surface area contributed by atoms with Gasteiger partial charge in [0, 0.05) is 18.9 Å². The summed E-state index contributed by atoms with van der Waals surface area (Å²) < 4.78 is 40.2. The molecule has 108 valence electrons. The van der Waals surface area contributed by atoms with Crippen LogP contribution < -0.4 is 10.0 Å². The van der Waals surface area contributed by atoms with Crippen molar-refractivity contribution in [2.45, 2.75) is 18.0 Å². The van der Waals surface area contributed by atoms with Crippen LogP contribution in [0, 0.1) is 5.82 Å². The van der Waals surface area contributed by atoms with E-state index >= 15 is 0 Å². The van der Waals surface area contributed by atoms with E-state index in [0.717, 1.165) is 0 Å². The number of H-pyrrole nitrogens is 1. The minimum absolute atomic E-state index is 0.0208. The molecule has 0 fully saturated rings. The number of benzene rings is 1. The molecule has 0 aliphatic rings. The van der Waals surface area contributed by atoms with Crippen molar-refractivity contribution >= 4 is 10.0 Å². The van der Waals surface area contributed by atoms with Crippen LogP contribution in [-0.2, 0) is 23.1 Å². The summed E-state index contributed by atoms with van der Waals surface area (Å²) in [6.45, 7) is 0.449. The predicted octanol–water partition coefficient (Wildman–Crippen LogP) is 0.747. The molecule has 8 heteroatoms. The Hall–Kier alpha value is -1.77. The summed E-state index contributed by atoms with van der Waals surface area (Å²) in [5.74, 6) is -0.314. The standard InChI is InChI=1S/C12H15FN4O2S/c1-14-7-9-2-3-11(10(13)6-9)20(18,19)17-8-12-15-4-5-16-12/h2-6,14,17H,7-8H2,1H3,(H,15,16). The van der Waals surface area contributed by atoms with Crippen LogP contribution in [0.3, 0.4) is 0 Å². The van der Waals surface area contributed by atoms with Gasteiger partial charge in [-0.1, -0.05) is 6.07 Å². The third-order valence-corrected chi connectivity index (χ3v) is 4.09. The normalized spacial score (nSPS) is 11.7. The van der Waals surface area contributed by atoms with Crippen molar-refractivity contribution < 1.29 is 12.8 Å². The molecule has 0 aliphatic heterocycles. The van der Waals surface area contributed by atoms with Crippen LogP contribution in [0.2, 0.25) is 0 Å². The zero-order valence-corrected chi connectivity index (χ0v) is 11.7. The fraction of sp³-hybridized carbons (Fsp3) is 0.250. The van der Waals surface area contributed by atoms with Crippen LogP contribution in [0.5, 0.6) is 0 Å². The molecule has 0 saturated heterocycles. The van der Waals surface area contributed by atoms with Crippen LogP contribution >= 0.6 is 0 Å². The second-order valence-electron chi connectivity index (χ2n) is 4.16. The van der Waals surface area contributed by atoms with E-state index in [1.54, 1.807) is 19.3 Å². The SMILES string of the molecule is CNCc1ccc(S(=O)(=O)NCc2ncc[nH]2)c(F)c1. The Morgan fingerprint density at radius 1 is 1.35 bits per heavy atom. The highest BCUT2D eigenvalue weighted by Crippen LogP contribution is 2.16. The summed E-state index contributed by atoms with van der Waals surface area (Å²) in [5, 5.41) is 2.87. The number of sulfonamides is 1. The predicted molar refractivity (Wildman–Crippen MR) is 71.8 cm³/mol. The van der Waals surface area contributed by atoms with Crippen molar-refractivity contribution in [1.82, 2.24) is 20.0 Å². The summed E-state index contributed by atoms with van der Waals surface area (Å²) in [5.41, 5.74) is 0.676. The zero-order valence-electron chi connectivity index (χ0n) is 10.9. The van der Waals surface area contributed by atoms with E-state index in [1.165, 1.54) is 18.3 Å². The van der Waals surface area contributed by atoms with Gasteiger partial charge in [-0.05, 0) is 24.7 Å². The van der Waals surface area contributed by atoms with E-state index < -0.39 is 15.8 Å². The Kier molecular flexibility index (Phi) is 4.48. The Morgan fingerprint density at radius 3 is 2.75 bits per heavy atom. The monoisotopic (exact) mass is 298 g/mol. The quantitative estimate of drug-likeness (QED) is 0.734. The number of nitrogens with zero attached hydrogens (tertiary/aromatic N) is 1. The first-order chi connectivity index (χ1) is 9.53. The first-order valence-corrected chi connectivity index (χ1v) is 7.42. The molecule has 0 radical (unpaired) electrons. The van der Waals surface area contributed by atoms with E-state index in [4.69, 9.17) is 0 Å². The minimum atomic E-state index is -3.90. The van der Waals surface area contributed by atoms with Gasteiger partial charge in [0.15, 0.2) is 0 Å². The van der Waals surface area contributed by atoms with E-state index in [2.05, 4.69) is 20.0 Å². The Balaban J connectivity index is 2.16. The summed E-state index contributed by atoms with van der Waals surface area (Å²) in [6.07, 6.45) is 3.09. The molecule has 6 nitrogen and oxygen atoms in total. The van der Waals surface area contributed by atoms with Crippen molar-refractivity contribution in [3.63, 3.8) is 0 Å². The van der Waals surface area contributed by atoms with Crippen molar-refractivity contribution in [2.24, 2.45) is 0 Å². The third-order valence-electron chi connectivity index (χ3n) is 2.65. The van der Waals surface area contributed by atoms with Crippen molar-refractivity contribution in [3.8, 4) is 0 Å². The Labute approximate surface area is 116 Å². The van der Waals surface area contributed by atoms with Gasteiger partial charge < -0.3 is 10.3 Å². The largest absolute Gasteiger partial charge is 0.347 e. The number of aromatic amines is 1. The van der Waals surface area contributed by atoms with Gasteiger partial charge in [-0.2, -0.15) is 0 Å². The van der Waals surface area contributed by atoms with Gasteiger partial charge in [-0.15, -0.1) is 0 Å². The fourth-order valence-electron chi connectivity index (χ4n) is 1.71. The number of hydrogen-bond donors (Lipinski definition) is 3. The van der Waals surface area contributed by atoms with Crippen LogP contribution in [0.4, 0.5) is 4.39 Å². The summed E-state index contributed by atoms with van der Waals surface area (Å²) in [4.78, 5) is 6.28. The maximum atomic E-state index is 13.9. The Morgan fingerprint density at radius 2 is 2.15 bits per heavy atom. The van der Waals surface area contributed by atoms with Crippen molar-refractivity contribution in [1.29, 1.82) is 0 Å². The summed E-state index contributed by atoms with van der Waals surface area (Å²) in [7, 11) is -2.17. The van der Waals surface area contributed by atoms with Gasteiger partial charge >= 0.3 is 0 Å². The molecule has 0 aliphatic carbocycles. The number of imidazole rings is 1. The van der Waals surface area contributed by atoms with Gasteiger partial charge in [0.1, 0.15) is 16.5 Å². The lowest BCUT2D eigenvalue weighted by Crippen LogP contribution is -2.25. The minimum Gasteiger partial charge on any atom is -0.347 e. The third kappa shape index (κ3) is 3.41. The topological polar surface area (TPSA) is 86.9 Å². The van der Waals surface area contributed by atoms with Gasteiger partial charge in [0.25, 0.3) is 0 Å². The smallest absolute Gasteiger partial charge is 0.243 e. The average molecular weight is 298 g/mol. The van der Waals surface area contributed by atoms with E-state index in [0.29, 0.717) is 17.9 Å². The molecule has 0 amide bonds. The van der Waals surface area contributed by atoms with Crippen LogP contribution in [0.15, 0.2) is 35.5 Å². The number of hydrogen-bond acceptors (Lipinski definition) is 4. The second-order valence-corrected chi connectivity index (χ2v) is 5.89. The van der Waals surface area contributed by atoms with Crippen LogP contribution in [0.25, 0.3) is 0 Å². The molecule has 1 aromatic heterocycles. The second kappa shape index (κ2) is 6.12. The molecule has 20 heavy (non-hydrogen) atoms. The van der Waals surface area contributed by atoms with Crippen LogP contribution in [-0.4, -0.2) is 25.4 Å². The molecule has 1 heterocycles. The van der Waals surface area contributed by atoms with Crippen LogP contribution in [0.1, 0.15) is 11.4 Å². The highest BCUT2D eigenvalue weighted by atomic mass is 32.2. The summed E-state index contributed by atoms with van der Waals surface area (Å²) >= 11 is 0.